The molecule has 0 aliphatic carbocycles. The first-order valence-electron chi connectivity index (χ1n) is 7.41. The zero-order chi connectivity index (χ0) is 17.5. The minimum atomic E-state index is -0.676. The summed E-state index contributed by atoms with van der Waals surface area (Å²) >= 11 is 0. The number of carbonyl (C=O) groups is 1. The van der Waals surface area contributed by atoms with Crippen molar-refractivity contribution in [3.8, 4) is 23.0 Å². The number of rotatable bonds is 7. The molecule has 6 nitrogen and oxygen atoms in total. The summed E-state index contributed by atoms with van der Waals surface area (Å²) < 4.78 is 21.1. The number of benzene rings is 2. The van der Waals surface area contributed by atoms with Gasteiger partial charge in [0.2, 0.25) is 0 Å². The largest absolute Gasteiger partial charge is 0.497 e. The predicted molar refractivity (Wildman–Crippen MR) is 91.3 cm³/mol. The van der Waals surface area contributed by atoms with Crippen LogP contribution in [0.2, 0.25) is 0 Å². The quantitative estimate of drug-likeness (QED) is 0.844. The van der Waals surface area contributed by atoms with Crippen molar-refractivity contribution < 1.29 is 23.7 Å². The molecule has 0 heterocycles. The molecule has 128 valence electrons. The third-order valence-electron chi connectivity index (χ3n) is 3.41. The van der Waals surface area contributed by atoms with E-state index >= 15 is 0 Å². The Hall–Kier alpha value is -2.89. The molecular weight excluding hydrogens is 310 g/mol. The Morgan fingerprint density at radius 3 is 2.04 bits per heavy atom. The van der Waals surface area contributed by atoms with Crippen molar-refractivity contribution >= 4 is 11.6 Å². The van der Waals surface area contributed by atoms with Gasteiger partial charge in [-0.25, -0.2) is 0 Å². The molecular formula is C18H21NO5. The lowest BCUT2D eigenvalue weighted by molar-refractivity contribution is -0.122. The van der Waals surface area contributed by atoms with E-state index in [2.05, 4.69) is 5.32 Å². The third kappa shape index (κ3) is 4.32. The highest BCUT2D eigenvalue weighted by Gasteiger charge is 2.17. The van der Waals surface area contributed by atoms with Crippen molar-refractivity contribution in [1.29, 1.82) is 0 Å². The summed E-state index contributed by atoms with van der Waals surface area (Å²) in [5.74, 6) is 2.18. The SMILES string of the molecule is COc1ccc(OC(C)C(=O)Nc2ccc(OC)cc2OC)cc1. The molecule has 0 saturated heterocycles. The van der Waals surface area contributed by atoms with E-state index in [1.165, 1.54) is 7.11 Å². The Morgan fingerprint density at radius 2 is 1.46 bits per heavy atom. The number of hydrogen-bond donors (Lipinski definition) is 1. The molecule has 2 aromatic carbocycles. The van der Waals surface area contributed by atoms with Crippen LogP contribution in [-0.4, -0.2) is 33.3 Å². The van der Waals surface area contributed by atoms with Crippen LogP contribution in [0.5, 0.6) is 23.0 Å². The molecule has 0 aliphatic heterocycles. The number of anilines is 1. The monoisotopic (exact) mass is 331 g/mol. The molecule has 0 aliphatic rings. The summed E-state index contributed by atoms with van der Waals surface area (Å²) in [6.45, 7) is 1.68. The van der Waals surface area contributed by atoms with E-state index in [9.17, 15) is 4.79 Å². The highest BCUT2D eigenvalue weighted by atomic mass is 16.5. The van der Waals surface area contributed by atoms with Gasteiger partial charge in [0.05, 0.1) is 27.0 Å². The number of amides is 1. The minimum Gasteiger partial charge on any atom is -0.497 e. The molecule has 2 aromatic rings. The lowest BCUT2D eigenvalue weighted by Crippen LogP contribution is -2.30. The van der Waals surface area contributed by atoms with Crippen LogP contribution in [0, 0.1) is 0 Å². The van der Waals surface area contributed by atoms with Crippen molar-refractivity contribution in [2.24, 2.45) is 0 Å². The average Bonchev–Trinajstić information content (AvgIpc) is 2.62. The zero-order valence-corrected chi connectivity index (χ0v) is 14.2. The van der Waals surface area contributed by atoms with Crippen LogP contribution < -0.4 is 24.3 Å². The molecule has 6 heteroatoms. The second-order valence-corrected chi connectivity index (χ2v) is 4.99. The first-order valence-corrected chi connectivity index (χ1v) is 7.41. The first kappa shape index (κ1) is 17.5. The molecule has 1 atom stereocenters. The average molecular weight is 331 g/mol. The minimum absolute atomic E-state index is 0.283. The second-order valence-electron chi connectivity index (χ2n) is 4.99. The molecule has 0 fully saturated rings. The van der Waals surface area contributed by atoms with Gasteiger partial charge in [-0.3, -0.25) is 4.79 Å². The standard InChI is InChI=1S/C18H21NO5/c1-12(24-14-7-5-13(21-2)6-8-14)18(20)19-16-10-9-15(22-3)11-17(16)23-4/h5-12H,1-4H3,(H,19,20). The number of carbonyl (C=O) groups excluding carboxylic acids is 1. The Kier molecular flexibility index (Phi) is 5.89. The van der Waals surface area contributed by atoms with Gasteiger partial charge >= 0.3 is 0 Å². The Bertz CT molecular complexity index is 684. The Morgan fingerprint density at radius 1 is 0.875 bits per heavy atom. The van der Waals surface area contributed by atoms with Gasteiger partial charge < -0.3 is 24.3 Å². The molecule has 24 heavy (non-hydrogen) atoms. The van der Waals surface area contributed by atoms with Crippen LogP contribution in [-0.2, 0) is 4.79 Å². The van der Waals surface area contributed by atoms with Gasteiger partial charge in [-0.1, -0.05) is 0 Å². The van der Waals surface area contributed by atoms with Crippen LogP contribution in [0.25, 0.3) is 0 Å². The maximum absolute atomic E-state index is 12.3. The highest BCUT2D eigenvalue weighted by Crippen LogP contribution is 2.29. The van der Waals surface area contributed by atoms with E-state index < -0.39 is 6.10 Å². The van der Waals surface area contributed by atoms with E-state index in [0.717, 1.165) is 5.75 Å². The van der Waals surface area contributed by atoms with E-state index in [1.54, 1.807) is 63.6 Å². The van der Waals surface area contributed by atoms with Crippen molar-refractivity contribution in [2.75, 3.05) is 26.6 Å². The smallest absolute Gasteiger partial charge is 0.265 e. The van der Waals surface area contributed by atoms with E-state index in [0.29, 0.717) is 22.9 Å². The maximum Gasteiger partial charge on any atom is 0.265 e. The molecule has 1 unspecified atom stereocenters. The summed E-state index contributed by atoms with van der Waals surface area (Å²) in [6.07, 6.45) is -0.676. The van der Waals surface area contributed by atoms with Crippen LogP contribution in [0.15, 0.2) is 42.5 Å². The first-order chi connectivity index (χ1) is 11.6. The van der Waals surface area contributed by atoms with Crippen LogP contribution in [0.4, 0.5) is 5.69 Å². The molecule has 0 spiro atoms. The van der Waals surface area contributed by atoms with Gasteiger partial charge in [0.15, 0.2) is 6.10 Å². The van der Waals surface area contributed by atoms with E-state index in [-0.39, 0.29) is 5.91 Å². The Labute approximate surface area is 141 Å². The topological polar surface area (TPSA) is 66.0 Å². The number of ether oxygens (including phenoxy) is 4. The van der Waals surface area contributed by atoms with E-state index in [4.69, 9.17) is 18.9 Å². The lowest BCUT2D eigenvalue weighted by atomic mass is 10.2. The van der Waals surface area contributed by atoms with Gasteiger partial charge in [-0.2, -0.15) is 0 Å². The van der Waals surface area contributed by atoms with Crippen LogP contribution in [0.1, 0.15) is 6.92 Å². The molecule has 0 bridgehead atoms. The summed E-state index contributed by atoms with van der Waals surface area (Å²) in [5, 5.41) is 2.79. The summed E-state index contributed by atoms with van der Waals surface area (Å²) in [7, 11) is 4.69. The van der Waals surface area contributed by atoms with Gasteiger partial charge in [-0.15, -0.1) is 0 Å². The van der Waals surface area contributed by atoms with Crippen LogP contribution >= 0.6 is 0 Å². The maximum atomic E-state index is 12.3. The van der Waals surface area contributed by atoms with E-state index in [1.807, 2.05) is 0 Å². The van der Waals surface area contributed by atoms with Gasteiger partial charge in [0.25, 0.3) is 5.91 Å². The summed E-state index contributed by atoms with van der Waals surface area (Å²) in [4.78, 5) is 12.3. The molecule has 0 aromatic heterocycles. The third-order valence-corrected chi connectivity index (χ3v) is 3.41. The fraction of sp³-hybridized carbons (Fsp3) is 0.278. The van der Waals surface area contributed by atoms with Crippen molar-refractivity contribution in [3.05, 3.63) is 42.5 Å². The second kappa shape index (κ2) is 8.10. The van der Waals surface area contributed by atoms with Crippen molar-refractivity contribution in [3.63, 3.8) is 0 Å². The molecule has 1 N–H and O–H groups in total. The molecule has 1 amide bonds. The van der Waals surface area contributed by atoms with Crippen molar-refractivity contribution in [1.82, 2.24) is 0 Å². The van der Waals surface area contributed by atoms with Crippen LogP contribution in [0.3, 0.4) is 0 Å². The fourth-order valence-electron chi connectivity index (χ4n) is 2.05. The fourth-order valence-corrected chi connectivity index (χ4v) is 2.05. The summed E-state index contributed by atoms with van der Waals surface area (Å²) in [5.41, 5.74) is 0.550. The van der Waals surface area contributed by atoms with Gasteiger partial charge in [-0.05, 0) is 43.3 Å². The lowest BCUT2D eigenvalue weighted by Gasteiger charge is -2.16. The zero-order valence-electron chi connectivity index (χ0n) is 14.2. The van der Waals surface area contributed by atoms with Gasteiger partial charge in [0.1, 0.15) is 23.0 Å². The predicted octanol–water partition coefficient (Wildman–Crippen LogP) is 3.12. The van der Waals surface area contributed by atoms with Crippen molar-refractivity contribution in [2.45, 2.75) is 13.0 Å². The number of nitrogens with one attached hydrogen (secondary N) is 1. The normalized spacial score (nSPS) is 11.3. The Balaban J connectivity index is 2.02. The summed E-state index contributed by atoms with van der Waals surface area (Å²) in [6, 6.07) is 12.2. The number of hydrogen-bond acceptors (Lipinski definition) is 5. The van der Waals surface area contributed by atoms with Gasteiger partial charge in [0, 0.05) is 6.07 Å². The highest BCUT2D eigenvalue weighted by molar-refractivity contribution is 5.95. The number of methoxy groups -OCH3 is 3. The molecule has 2 rings (SSSR count). The molecule has 0 saturated carbocycles. The molecule has 0 radical (unpaired) electrons.